The molecule has 1 spiro atoms. The van der Waals surface area contributed by atoms with Crippen LogP contribution in [0.1, 0.15) is 28.7 Å². The molecule has 1 saturated heterocycles. The van der Waals surface area contributed by atoms with E-state index < -0.39 is 41.0 Å². The molecule has 1 fully saturated rings. The quantitative estimate of drug-likeness (QED) is 0.470. The van der Waals surface area contributed by atoms with Crippen LogP contribution in [0.5, 0.6) is 5.75 Å². The lowest BCUT2D eigenvalue weighted by molar-refractivity contribution is -0.141. The van der Waals surface area contributed by atoms with E-state index in [0.717, 1.165) is 0 Å². The molecule has 0 bridgehead atoms. The fraction of sp³-hybridized carbons (Fsp3) is 0.200. The van der Waals surface area contributed by atoms with E-state index in [4.69, 9.17) is 4.74 Å². The summed E-state index contributed by atoms with van der Waals surface area (Å²) < 4.78 is 33.7. The van der Waals surface area contributed by atoms with Crippen LogP contribution in [0.4, 0.5) is 14.5 Å². The van der Waals surface area contributed by atoms with Crippen molar-refractivity contribution in [2.45, 2.75) is 17.5 Å². The SMILES string of the molecule is CN1C(=O)[C@]2(N[C@H](c3ccc(F)cc3)[C@H]3C(=O)Oc4ccccc4[C@H]32)c2cc(F)ccc21. The van der Waals surface area contributed by atoms with Gasteiger partial charge in [0.15, 0.2) is 0 Å². The number of hydrogen-bond acceptors (Lipinski definition) is 4. The summed E-state index contributed by atoms with van der Waals surface area (Å²) in [5.74, 6) is -2.63. The third-order valence-electron chi connectivity index (χ3n) is 6.92. The summed E-state index contributed by atoms with van der Waals surface area (Å²) in [4.78, 5) is 28.6. The first-order valence-corrected chi connectivity index (χ1v) is 10.3. The van der Waals surface area contributed by atoms with Crippen LogP contribution in [-0.2, 0) is 15.1 Å². The lowest BCUT2D eigenvalue weighted by Crippen LogP contribution is -2.50. The van der Waals surface area contributed by atoms with Crippen molar-refractivity contribution in [2.75, 3.05) is 11.9 Å². The zero-order chi connectivity index (χ0) is 22.2. The lowest BCUT2D eigenvalue weighted by atomic mass is 9.70. The monoisotopic (exact) mass is 432 g/mol. The van der Waals surface area contributed by atoms with E-state index in [1.165, 1.54) is 29.2 Å². The van der Waals surface area contributed by atoms with Gasteiger partial charge >= 0.3 is 5.97 Å². The van der Waals surface area contributed by atoms with Crippen molar-refractivity contribution >= 4 is 17.6 Å². The molecule has 3 aliphatic heterocycles. The van der Waals surface area contributed by atoms with Crippen molar-refractivity contribution in [1.82, 2.24) is 5.32 Å². The van der Waals surface area contributed by atoms with Gasteiger partial charge in [0.2, 0.25) is 0 Å². The highest BCUT2D eigenvalue weighted by Crippen LogP contribution is 2.61. The van der Waals surface area contributed by atoms with E-state index in [-0.39, 0.29) is 5.91 Å². The van der Waals surface area contributed by atoms with Gasteiger partial charge in [-0.05, 0) is 42.0 Å². The third kappa shape index (κ3) is 2.34. The number of esters is 1. The molecular formula is C25H18F2N2O3. The third-order valence-corrected chi connectivity index (χ3v) is 6.92. The number of fused-ring (bicyclic) bond motifs is 6. The van der Waals surface area contributed by atoms with Crippen LogP contribution in [0.3, 0.4) is 0 Å². The Morgan fingerprint density at radius 3 is 2.47 bits per heavy atom. The second-order valence-corrected chi connectivity index (χ2v) is 8.47. The van der Waals surface area contributed by atoms with Gasteiger partial charge < -0.3 is 9.64 Å². The van der Waals surface area contributed by atoms with Crippen LogP contribution in [-0.4, -0.2) is 18.9 Å². The lowest BCUT2D eigenvalue weighted by Gasteiger charge is -2.35. The number of nitrogens with one attached hydrogen (secondary N) is 1. The number of hydrogen-bond donors (Lipinski definition) is 1. The molecule has 0 saturated carbocycles. The summed E-state index contributed by atoms with van der Waals surface area (Å²) in [6, 6.07) is 16.5. The number of halogens is 2. The molecular weight excluding hydrogens is 414 g/mol. The van der Waals surface area contributed by atoms with Crippen molar-refractivity contribution in [3.8, 4) is 5.75 Å². The number of likely N-dealkylation sites (N-methyl/N-ethyl adjacent to an activating group) is 1. The molecule has 5 nitrogen and oxygen atoms in total. The summed E-state index contributed by atoms with van der Waals surface area (Å²) in [7, 11) is 1.64. The predicted molar refractivity (Wildman–Crippen MR) is 112 cm³/mol. The zero-order valence-electron chi connectivity index (χ0n) is 17.0. The number of benzene rings is 3. The molecule has 3 aromatic rings. The maximum atomic E-state index is 14.4. The molecule has 0 radical (unpaired) electrons. The first kappa shape index (κ1) is 19.1. The minimum absolute atomic E-state index is 0.276. The number of carbonyl (C=O) groups excluding carboxylic acids is 2. The summed E-state index contributed by atoms with van der Waals surface area (Å²) in [5.41, 5.74) is 1.04. The number of nitrogens with zero attached hydrogens (tertiary/aromatic N) is 1. The van der Waals surface area contributed by atoms with E-state index in [1.807, 2.05) is 12.1 Å². The first-order valence-electron chi connectivity index (χ1n) is 10.3. The summed E-state index contributed by atoms with van der Waals surface area (Å²) in [6.45, 7) is 0. The molecule has 6 rings (SSSR count). The highest BCUT2D eigenvalue weighted by atomic mass is 19.1. The van der Waals surface area contributed by atoms with Crippen molar-refractivity contribution in [2.24, 2.45) is 5.92 Å². The van der Waals surface area contributed by atoms with Crippen molar-refractivity contribution in [3.63, 3.8) is 0 Å². The summed E-state index contributed by atoms with van der Waals surface area (Å²) in [6.07, 6.45) is 0. The van der Waals surface area contributed by atoms with Crippen LogP contribution >= 0.6 is 0 Å². The molecule has 3 aliphatic rings. The standard InChI is InChI=1S/C25H18F2N2O3/c1-29-18-11-10-15(27)12-17(18)25(24(29)31)21-16-4-2-3-5-19(16)32-23(30)20(21)22(28-25)13-6-8-14(26)9-7-13/h2-12,20-22,28H,1H3/t20-,21+,22+,25-/m0/s1. The van der Waals surface area contributed by atoms with E-state index in [2.05, 4.69) is 5.32 Å². The van der Waals surface area contributed by atoms with Gasteiger partial charge in [0.1, 0.15) is 22.9 Å². The molecule has 32 heavy (non-hydrogen) atoms. The molecule has 4 atom stereocenters. The molecule has 0 aliphatic carbocycles. The largest absolute Gasteiger partial charge is 0.426 e. The average Bonchev–Trinajstić information content (AvgIpc) is 3.25. The number of para-hydroxylation sites is 1. The van der Waals surface area contributed by atoms with Gasteiger partial charge in [-0.2, -0.15) is 0 Å². The summed E-state index contributed by atoms with van der Waals surface area (Å²) in [5, 5.41) is 3.40. The van der Waals surface area contributed by atoms with Gasteiger partial charge in [-0.15, -0.1) is 0 Å². The second kappa shape index (κ2) is 6.46. The Balaban J connectivity index is 1.64. The fourth-order valence-corrected chi connectivity index (χ4v) is 5.60. The first-order chi connectivity index (χ1) is 15.4. The number of carbonyl (C=O) groups is 2. The molecule has 0 unspecified atom stereocenters. The topological polar surface area (TPSA) is 58.6 Å². The smallest absolute Gasteiger partial charge is 0.317 e. The van der Waals surface area contributed by atoms with Crippen LogP contribution < -0.4 is 15.0 Å². The minimum atomic E-state index is -1.37. The fourth-order valence-electron chi connectivity index (χ4n) is 5.60. The number of ether oxygens (including phenoxy) is 1. The minimum Gasteiger partial charge on any atom is -0.426 e. The number of anilines is 1. The maximum absolute atomic E-state index is 14.4. The van der Waals surface area contributed by atoms with Gasteiger partial charge in [0, 0.05) is 35.8 Å². The predicted octanol–water partition coefficient (Wildman–Crippen LogP) is 3.80. The van der Waals surface area contributed by atoms with Crippen LogP contribution in [0.15, 0.2) is 66.7 Å². The van der Waals surface area contributed by atoms with Gasteiger partial charge in [0.05, 0.1) is 5.92 Å². The molecule has 160 valence electrons. The van der Waals surface area contributed by atoms with Crippen LogP contribution in [0.25, 0.3) is 0 Å². The van der Waals surface area contributed by atoms with E-state index in [0.29, 0.717) is 28.1 Å². The van der Waals surface area contributed by atoms with Gasteiger partial charge in [-0.25, -0.2) is 8.78 Å². The molecule has 0 aromatic heterocycles. The van der Waals surface area contributed by atoms with Gasteiger partial charge in [-0.1, -0.05) is 30.3 Å². The number of amides is 1. The molecule has 3 heterocycles. The summed E-state index contributed by atoms with van der Waals surface area (Å²) >= 11 is 0. The average molecular weight is 432 g/mol. The van der Waals surface area contributed by atoms with Crippen LogP contribution in [0.2, 0.25) is 0 Å². The Morgan fingerprint density at radius 1 is 0.969 bits per heavy atom. The maximum Gasteiger partial charge on any atom is 0.317 e. The Bertz CT molecular complexity index is 1290. The second-order valence-electron chi connectivity index (χ2n) is 8.47. The Morgan fingerprint density at radius 2 is 1.69 bits per heavy atom. The normalized spacial score (nSPS) is 27.8. The highest BCUT2D eigenvalue weighted by molar-refractivity contribution is 6.09. The van der Waals surface area contributed by atoms with Crippen molar-refractivity contribution in [3.05, 3.63) is 95.1 Å². The van der Waals surface area contributed by atoms with Gasteiger partial charge in [0.25, 0.3) is 5.91 Å². The Kier molecular flexibility index (Phi) is 3.86. The number of rotatable bonds is 1. The van der Waals surface area contributed by atoms with E-state index in [9.17, 15) is 18.4 Å². The van der Waals surface area contributed by atoms with E-state index in [1.54, 1.807) is 37.4 Å². The molecule has 1 amide bonds. The van der Waals surface area contributed by atoms with Gasteiger partial charge in [-0.3, -0.25) is 14.9 Å². The van der Waals surface area contributed by atoms with Crippen molar-refractivity contribution in [1.29, 1.82) is 0 Å². The zero-order valence-corrected chi connectivity index (χ0v) is 17.0. The van der Waals surface area contributed by atoms with E-state index >= 15 is 0 Å². The molecule has 1 N–H and O–H groups in total. The highest BCUT2D eigenvalue weighted by Gasteiger charge is 2.67. The van der Waals surface area contributed by atoms with Crippen LogP contribution in [0, 0.1) is 17.6 Å². The Hall–Kier alpha value is -3.58. The molecule has 7 heteroatoms. The molecule has 3 aromatic carbocycles. The Labute approximate surface area is 182 Å². The van der Waals surface area contributed by atoms with Crippen molar-refractivity contribution < 1.29 is 23.1 Å².